The Morgan fingerprint density at radius 2 is 1.58 bits per heavy atom. The molecule has 0 bridgehead atoms. The van der Waals surface area contributed by atoms with Crippen LogP contribution < -0.4 is 15.4 Å². The number of carbonyl (C=O) groups excluding carboxylic acids is 2. The van der Waals surface area contributed by atoms with Crippen LogP contribution in [-0.2, 0) is 16.0 Å². The number of nitrogens with one attached hydrogen (secondary N) is 2. The van der Waals surface area contributed by atoms with Gasteiger partial charge in [-0.15, -0.1) is 0 Å². The van der Waals surface area contributed by atoms with Gasteiger partial charge in [-0.3, -0.25) is 9.59 Å². The van der Waals surface area contributed by atoms with Crippen LogP contribution in [0.25, 0.3) is 0 Å². The number of benzene rings is 2. The molecule has 5 nitrogen and oxygen atoms in total. The molecule has 0 aliphatic heterocycles. The van der Waals surface area contributed by atoms with Gasteiger partial charge in [-0.2, -0.15) is 0 Å². The number of rotatable bonds is 10. The third kappa shape index (κ3) is 7.79. The van der Waals surface area contributed by atoms with Gasteiger partial charge >= 0.3 is 0 Å². The molecule has 138 valence electrons. The molecule has 26 heavy (non-hydrogen) atoms. The summed E-state index contributed by atoms with van der Waals surface area (Å²) in [5, 5.41) is 5.51. The molecule has 0 saturated heterocycles. The smallest absolute Gasteiger partial charge is 0.224 e. The van der Waals surface area contributed by atoms with Gasteiger partial charge in [-0.05, 0) is 36.2 Å². The predicted molar refractivity (Wildman–Crippen MR) is 97.3 cm³/mol. The zero-order valence-corrected chi connectivity index (χ0v) is 14.5. The average molecular weight is 358 g/mol. The lowest BCUT2D eigenvalue weighted by molar-refractivity contribution is -0.122. The van der Waals surface area contributed by atoms with Gasteiger partial charge in [0.05, 0.1) is 13.0 Å². The highest BCUT2D eigenvalue weighted by Gasteiger charge is 2.05. The lowest BCUT2D eigenvalue weighted by atomic mass is 10.1. The quantitative estimate of drug-likeness (QED) is 0.641. The first-order valence-electron chi connectivity index (χ1n) is 8.59. The Labute approximate surface area is 152 Å². The molecule has 0 radical (unpaired) electrons. The van der Waals surface area contributed by atoms with Crippen LogP contribution in [0.4, 0.5) is 4.39 Å². The van der Waals surface area contributed by atoms with Crippen LogP contribution >= 0.6 is 0 Å². The van der Waals surface area contributed by atoms with E-state index in [4.69, 9.17) is 4.74 Å². The summed E-state index contributed by atoms with van der Waals surface area (Å²) in [5.41, 5.74) is 0.940. The van der Waals surface area contributed by atoms with E-state index in [-0.39, 0.29) is 24.1 Å². The monoisotopic (exact) mass is 358 g/mol. The van der Waals surface area contributed by atoms with Crippen molar-refractivity contribution in [3.63, 3.8) is 0 Å². The minimum atomic E-state index is -0.305. The van der Waals surface area contributed by atoms with Crippen LogP contribution in [0.2, 0.25) is 0 Å². The highest BCUT2D eigenvalue weighted by molar-refractivity contribution is 5.80. The molecule has 2 rings (SSSR count). The maximum atomic E-state index is 12.8. The summed E-state index contributed by atoms with van der Waals surface area (Å²) in [6.07, 6.45) is 1.19. The first kappa shape index (κ1) is 19.4. The zero-order chi connectivity index (χ0) is 18.6. The van der Waals surface area contributed by atoms with E-state index >= 15 is 0 Å². The van der Waals surface area contributed by atoms with Gasteiger partial charge in [0, 0.05) is 19.5 Å². The van der Waals surface area contributed by atoms with Crippen LogP contribution in [0.5, 0.6) is 5.75 Å². The molecule has 2 amide bonds. The van der Waals surface area contributed by atoms with Crippen LogP contribution in [-0.4, -0.2) is 31.5 Å². The summed E-state index contributed by atoms with van der Waals surface area (Å²) in [5.74, 6) is 0.0721. The minimum absolute atomic E-state index is 0.100. The summed E-state index contributed by atoms with van der Waals surface area (Å²) >= 11 is 0. The molecule has 6 heteroatoms. The van der Waals surface area contributed by atoms with E-state index in [1.165, 1.54) is 12.1 Å². The number of halogens is 1. The second-order valence-corrected chi connectivity index (χ2v) is 5.77. The highest BCUT2D eigenvalue weighted by Crippen LogP contribution is 2.10. The number of hydrogen-bond acceptors (Lipinski definition) is 3. The van der Waals surface area contributed by atoms with Gasteiger partial charge in [0.25, 0.3) is 0 Å². The number of ether oxygens (including phenoxy) is 1. The van der Waals surface area contributed by atoms with Crippen LogP contribution in [0, 0.1) is 5.82 Å². The van der Waals surface area contributed by atoms with E-state index in [1.807, 2.05) is 30.3 Å². The SMILES string of the molecule is O=C(CCNC(=O)Cc1ccccc1)NCCCOc1ccc(F)cc1. The Morgan fingerprint density at radius 3 is 2.31 bits per heavy atom. The second kappa shape index (κ2) is 10.9. The van der Waals surface area contributed by atoms with Crippen molar-refractivity contribution in [2.45, 2.75) is 19.3 Å². The third-order valence-corrected chi connectivity index (χ3v) is 3.61. The molecule has 0 heterocycles. The van der Waals surface area contributed by atoms with Gasteiger partial charge < -0.3 is 15.4 Å². The lowest BCUT2D eigenvalue weighted by Gasteiger charge is -2.08. The molecule has 0 spiro atoms. The Kier molecular flexibility index (Phi) is 8.12. The molecule has 0 aliphatic carbocycles. The molecule has 0 aliphatic rings. The van der Waals surface area contributed by atoms with Gasteiger partial charge in [0.2, 0.25) is 11.8 Å². The lowest BCUT2D eigenvalue weighted by Crippen LogP contribution is -2.32. The largest absolute Gasteiger partial charge is 0.494 e. The van der Waals surface area contributed by atoms with E-state index in [0.717, 1.165) is 5.56 Å². The van der Waals surface area contributed by atoms with Crippen molar-refractivity contribution in [3.8, 4) is 5.75 Å². The first-order chi connectivity index (χ1) is 12.6. The Hall–Kier alpha value is -2.89. The number of carbonyl (C=O) groups is 2. The Morgan fingerprint density at radius 1 is 0.885 bits per heavy atom. The normalized spacial score (nSPS) is 10.2. The molecular weight excluding hydrogens is 335 g/mol. The van der Waals surface area contributed by atoms with Crippen molar-refractivity contribution in [3.05, 3.63) is 66.0 Å². The molecule has 2 aromatic carbocycles. The predicted octanol–water partition coefficient (Wildman–Crippen LogP) is 2.46. The molecule has 0 fully saturated rings. The number of amides is 2. The van der Waals surface area contributed by atoms with Crippen LogP contribution in [0.15, 0.2) is 54.6 Å². The second-order valence-electron chi connectivity index (χ2n) is 5.77. The van der Waals surface area contributed by atoms with Crippen LogP contribution in [0.3, 0.4) is 0 Å². The fourth-order valence-electron chi connectivity index (χ4n) is 2.27. The standard InChI is InChI=1S/C20H23FN2O3/c21-17-7-9-18(10-8-17)26-14-4-12-22-19(24)11-13-23-20(25)15-16-5-2-1-3-6-16/h1-3,5-10H,4,11-15H2,(H,22,24)(H,23,25). The molecule has 0 unspecified atom stereocenters. The van der Waals surface area contributed by atoms with Gasteiger partial charge in [0.15, 0.2) is 0 Å². The first-order valence-corrected chi connectivity index (χ1v) is 8.59. The Balaban J connectivity index is 1.49. The van der Waals surface area contributed by atoms with E-state index in [9.17, 15) is 14.0 Å². The minimum Gasteiger partial charge on any atom is -0.494 e. The third-order valence-electron chi connectivity index (χ3n) is 3.61. The molecule has 2 aromatic rings. The van der Waals surface area contributed by atoms with Crippen molar-refractivity contribution in [1.29, 1.82) is 0 Å². The summed E-state index contributed by atoms with van der Waals surface area (Å²) < 4.78 is 18.2. The zero-order valence-electron chi connectivity index (χ0n) is 14.5. The van der Waals surface area contributed by atoms with Gasteiger partial charge in [-0.25, -0.2) is 4.39 Å². The van der Waals surface area contributed by atoms with E-state index in [0.29, 0.717) is 38.3 Å². The van der Waals surface area contributed by atoms with E-state index in [1.54, 1.807) is 12.1 Å². The average Bonchev–Trinajstić information content (AvgIpc) is 2.64. The van der Waals surface area contributed by atoms with Crippen molar-refractivity contribution in [2.75, 3.05) is 19.7 Å². The van der Waals surface area contributed by atoms with Crippen molar-refractivity contribution in [1.82, 2.24) is 10.6 Å². The van der Waals surface area contributed by atoms with Crippen molar-refractivity contribution < 1.29 is 18.7 Å². The molecule has 0 atom stereocenters. The molecule has 0 aromatic heterocycles. The Bertz CT molecular complexity index is 690. The maximum absolute atomic E-state index is 12.8. The fraction of sp³-hybridized carbons (Fsp3) is 0.300. The summed E-state index contributed by atoms with van der Waals surface area (Å²) in [4.78, 5) is 23.5. The number of hydrogen-bond donors (Lipinski definition) is 2. The fourth-order valence-corrected chi connectivity index (χ4v) is 2.27. The van der Waals surface area contributed by atoms with E-state index in [2.05, 4.69) is 10.6 Å². The summed E-state index contributed by atoms with van der Waals surface area (Å²) in [7, 11) is 0. The van der Waals surface area contributed by atoms with Gasteiger partial charge in [0.1, 0.15) is 11.6 Å². The van der Waals surface area contributed by atoms with Crippen molar-refractivity contribution in [2.24, 2.45) is 0 Å². The summed E-state index contributed by atoms with van der Waals surface area (Å²) in [6.45, 7) is 1.22. The summed E-state index contributed by atoms with van der Waals surface area (Å²) in [6, 6.07) is 15.2. The topological polar surface area (TPSA) is 67.4 Å². The molecular formula is C20H23FN2O3. The highest BCUT2D eigenvalue weighted by atomic mass is 19.1. The maximum Gasteiger partial charge on any atom is 0.224 e. The molecule has 0 saturated carbocycles. The van der Waals surface area contributed by atoms with E-state index < -0.39 is 0 Å². The van der Waals surface area contributed by atoms with Gasteiger partial charge in [-0.1, -0.05) is 30.3 Å². The van der Waals surface area contributed by atoms with Crippen LogP contribution in [0.1, 0.15) is 18.4 Å². The van der Waals surface area contributed by atoms with Crippen molar-refractivity contribution >= 4 is 11.8 Å². The molecule has 2 N–H and O–H groups in total.